The molecule has 1 unspecified atom stereocenters. The second-order valence-corrected chi connectivity index (χ2v) is 8.59. The fourth-order valence-electron chi connectivity index (χ4n) is 5.45. The lowest BCUT2D eigenvalue weighted by Crippen LogP contribution is -2.30. The van der Waals surface area contributed by atoms with Crippen molar-refractivity contribution in [2.75, 3.05) is 7.11 Å². The van der Waals surface area contributed by atoms with E-state index in [1.165, 1.54) is 50.5 Å². The molecule has 0 N–H and O–H groups in total. The van der Waals surface area contributed by atoms with Crippen LogP contribution in [0.3, 0.4) is 0 Å². The van der Waals surface area contributed by atoms with Crippen molar-refractivity contribution in [1.82, 2.24) is 0 Å². The maximum atomic E-state index is 14.9. The molecule has 0 spiro atoms. The van der Waals surface area contributed by atoms with Crippen LogP contribution in [0, 0.1) is 23.6 Å². The van der Waals surface area contributed by atoms with Gasteiger partial charge < -0.3 is 4.74 Å². The zero-order valence-corrected chi connectivity index (χ0v) is 16.6. The molecule has 1 nitrogen and oxygen atoms in total. The fourth-order valence-corrected chi connectivity index (χ4v) is 5.45. The lowest BCUT2D eigenvalue weighted by atomic mass is 9.63. The number of benzene rings is 2. The number of hydrogen-bond donors (Lipinski definition) is 0. The molecule has 0 amide bonds. The van der Waals surface area contributed by atoms with E-state index in [9.17, 15) is 4.39 Å². The van der Waals surface area contributed by atoms with E-state index in [-0.39, 0.29) is 5.82 Å². The molecule has 2 fully saturated rings. The predicted octanol–water partition coefficient (Wildman–Crippen LogP) is 7.21. The second kappa shape index (κ2) is 8.04. The average Bonchev–Trinajstić information content (AvgIpc) is 2.73. The fraction of sp³-hybridized carbons (Fsp3) is 0.520. The van der Waals surface area contributed by atoms with Crippen molar-refractivity contribution < 1.29 is 9.13 Å². The molecule has 2 saturated carbocycles. The van der Waals surface area contributed by atoms with Crippen molar-refractivity contribution in [1.29, 1.82) is 0 Å². The topological polar surface area (TPSA) is 9.23 Å². The summed E-state index contributed by atoms with van der Waals surface area (Å²) in [7, 11) is 1.65. The summed E-state index contributed by atoms with van der Waals surface area (Å²) in [5, 5.41) is 0. The summed E-state index contributed by atoms with van der Waals surface area (Å²) >= 11 is 0. The minimum Gasteiger partial charge on any atom is -0.497 e. The number of halogens is 1. The molecule has 0 bridgehead atoms. The van der Waals surface area contributed by atoms with E-state index >= 15 is 0 Å². The van der Waals surface area contributed by atoms with Gasteiger partial charge in [0, 0.05) is 5.56 Å². The van der Waals surface area contributed by atoms with Crippen LogP contribution in [0.5, 0.6) is 5.75 Å². The van der Waals surface area contributed by atoms with Crippen molar-refractivity contribution in [3.63, 3.8) is 0 Å². The molecule has 0 radical (unpaired) electrons. The lowest BCUT2D eigenvalue weighted by molar-refractivity contribution is 0.116. The van der Waals surface area contributed by atoms with Gasteiger partial charge in [-0.1, -0.05) is 44.0 Å². The highest BCUT2D eigenvalue weighted by atomic mass is 19.1. The van der Waals surface area contributed by atoms with Crippen LogP contribution in [-0.4, -0.2) is 7.11 Å². The van der Waals surface area contributed by atoms with Crippen molar-refractivity contribution in [2.24, 2.45) is 17.8 Å². The third-order valence-corrected chi connectivity index (χ3v) is 7.16. The van der Waals surface area contributed by atoms with E-state index < -0.39 is 0 Å². The van der Waals surface area contributed by atoms with Crippen LogP contribution in [0.4, 0.5) is 4.39 Å². The summed E-state index contributed by atoms with van der Waals surface area (Å²) in [6, 6.07) is 13.5. The number of ether oxygens (including phenoxy) is 1. The Labute approximate surface area is 163 Å². The van der Waals surface area contributed by atoms with Gasteiger partial charge in [-0.3, -0.25) is 0 Å². The first kappa shape index (κ1) is 18.5. The van der Waals surface area contributed by atoms with Crippen LogP contribution in [0.25, 0.3) is 11.1 Å². The van der Waals surface area contributed by atoms with Crippen molar-refractivity contribution in [3.8, 4) is 16.9 Å². The normalized spacial score (nSPS) is 27.8. The maximum absolute atomic E-state index is 14.9. The second-order valence-electron chi connectivity index (χ2n) is 8.59. The highest BCUT2D eigenvalue weighted by Crippen LogP contribution is 2.48. The Hall–Kier alpha value is -1.83. The van der Waals surface area contributed by atoms with E-state index in [1.54, 1.807) is 13.2 Å². The summed E-state index contributed by atoms with van der Waals surface area (Å²) in [5.41, 5.74) is 2.78. The summed E-state index contributed by atoms with van der Waals surface area (Å²) < 4.78 is 20.1. The van der Waals surface area contributed by atoms with Crippen LogP contribution >= 0.6 is 0 Å². The van der Waals surface area contributed by atoms with Gasteiger partial charge in [0.2, 0.25) is 0 Å². The van der Waals surface area contributed by atoms with Crippen molar-refractivity contribution in [3.05, 3.63) is 53.8 Å². The van der Waals surface area contributed by atoms with Gasteiger partial charge >= 0.3 is 0 Å². The van der Waals surface area contributed by atoms with E-state index in [1.807, 2.05) is 30.3 Å². The molecule has 0 aromatic heterocycles. The molecule has 2 aliphatic rings. The molecule has 0 aliphatic heterocycles. The molecule has 144 valence electrons. The summed E-state index contributed by atoms with van der Waals surface area (Å²) in [4.78, 5) is 0. The van der Waals surface area contributed by atoms with Gasteiger partial charge in [0.05, 0.1) is 7.11 Å². The van der Waals surface area contributed by atoms with Gasteiger partial charge in [0.1, 0.15) is 11.6 Å². The smallest absolute Gasteiger partial charge is 0.131 e. The minimum absolute atomic E-state index is 0.102. The number of methoxy groups -OCH3 is 1. The van der Waals surface area contributed by atoms with Gasteiger partial charge in [0.15, 0.2) is 0 Å². The van der Waals surface area contributed by atoms with Crippen molar-refractivity contribution >= 4 is 0 Å². The zero-order chi connectivity index (χ0) is 18.8. The van der Waals surface area contributed by atoms with E-state index in [0.717, 1.165) is 29.1 Å². The third-order valence-electron chi connectivity index (χ3n) is 7.16. The molecular formula is C25H31FO. The number of hydrogen-bond acceptors (Lipinski definition) is 1. The Morgan fingerprint density at radius 1 is 0.926 bits per heavy atom. The first-order valence-electron chi connectivity index (χ1n) is 10.6. The molecule has 0 heterocycles. The maximum Gasteiger partial charge on any atom is 0.131 e. The Morgan fingerprint density at radius 3 is 2.37 bits per heavy atom. The van der Waals surface area contributed by atoms with Crippen LogP contribution in [0.1, 0.15) is 63.4 Å². The SMILES string of the molecule is CCC1CC[C@@H]2C[C@H](c3ccc(-c4ccc(OC)cc4)c(F)c3)CC[C@@H]2C1. The molecule has 2 heteroatoms. The Balaban J connectivity index is 1.48. The molecule has 4 atom stereocenters. The minimum atomic E-state index is -0.102. The van der Waals surface area contributed by atoms with E-state index in [0.29, 0.717) is 11.5 Å². The standard InChI is InChI=1S/C25H31FO/c1-3-17-4-5-20-15-21(7-6-19(20)14-17)22-10-13-24(25(26)16-22)18-8-11-23(27-2)12-9-18/h8-13,16-17,19-21H,3-7,14-15H2,1-2H3/t17?,19-,20-,21-/m1/s1. The average molecular weight is 367 g/mol. The van der Waals surface area contributed by atoms with Crippen molar-refractivity contribution in [2.45, 2.75) is 57.8 Å². The third kappa shape index (κ3) is 3.90. The van der Waals surface area contributed by atoms with Gasteiger partial charge in [-0.25, -0.2) is 4.39 Å². The quantitative estimate of drug-likeness (QED) is 0.555. The highest BCUT2D eigenvalue weighted by molar-refractivity contribution is 5.65. The number of rotatable bonds is 4. The van der Waals surface area contributed by atoms with Crippen LogP contribution in [0.2, 0.25) is 0 Å². The monoisotopic (exact) mass is 366 g/mol. The van der Waals surface area contributed by atoms with Gasteiger partial charge in [-0.15, -0.1) is 0 Å². The van der Waals surface area contributed by atoms with Crippen LogP contribution in [-0.2, 0) is 0 Å². The van der Waals surface area contributed by atoms with Crippen LogP contribution in [0.15, 0.2) is 42.5 Å². The van der Waals surface area contributed by atoms with Gasteiger partial charge in [-0.05, 0) is 85.1 Å². The number of fused-ring (bicyclic) bond motifs is 1. The van der Waals surface area contributed by atoms with Gasteiger partial charge in [-0.2, -0.15) is 0 Å². The first-order valence-corrected chi connectivity index (χ1v) is 10.6. The Bertz CT molecular complexity index is 766. The summed E-state index contributed by atoms with van der Waals surface area (Å²) in [5.74, 6) is 3.95. The molecular weight excluding hydrogens is 335 g/mol. The largest absolute Gasteiger partial charge is 0.497 e. The van der Waals surface area contributed by atoms with Gasteiger partial charge in [0.25, 0.3) is 0 Å². The predicted molar refractivity (Wildman–Crippen MR) is 110 cm³/mol. The lowest BCUT2D eigenvalue weighted by Gasteiger charge is -2.42. The van der Waals surface area contributed by atoms with E-state index in [4.69, 9.17) is 4.74 Å². The molecule has 2 aromatic rings. The first-order chi connectivity index (χ1) is 13.2. The zero-order valence-electron chi connectivity index (χ0n) is 16.6. The summed E-state index contributed by atoms with van der Waals surface area (Å²) in [6.07, 6.45) is 9.35. The highest BCUT2D eigenvalue weighted by Gasteiger charge is 2.35. The molecule has 27 heavy (non-hydrogen) atoms. The Morgan fingerprint density at radius 2 is 1.67 bits per heavy atom. The molecule has 0 saturated heterocycles. The summed E-state index contributed by atoms with van der Waals surface area (Å²) in [6.45, 7) is 2.34. The molecule has 2 aromatic carbocycles. The van der Waals surface area contributed by atoms with E-state index in [2.05, 4.69) is 13.0 Å². The Kier molecular flexibility index (Phi) is 5.52. The van der Waals surface area contributed by atoms with Crippen LogP contribution < -0.4 is 4.74 Å². The molecule has 2 aliphatic carbocycles. The molecule has 4 rings (SSSR count).